The van der Waals surface area contributed by atoms with Gasteiger partial charge in [0, 0.05) is 25.1 Å². The molecule has 1 N–H and O–H groups in total. The van der Waals surface area contributed by atoms with Crippen molar-refractivity contribution in [2.24, 2.45) is 0 Å². The molecule has 4 heterocycles. The highest BCUT2D eigenvalue weighted by Crippen LogP contribution is 2.25. The van der Waals surface area contributed by atoms with Gasteiger partial charge in [0.25, 0.3) is 0 Å². The molecule has 0 radical (unpaired) electrons. The Morgan fingerprint density at radius 3 is 2.65 bits per heavy atom. The second kappa shape index (κ2) is 10.1. The van der Waals surface area contributed by atoms with Crippen molar-refractivity contribution in [1.82, 2.24) is 24.9 Å². The van der Waals surface area contributed by atoms with E-state index in [0.29, 0.717) is 19.5 Å². The Bertz CT molecular complexity index is 764. The van der Waals surface area contributed by atoms with Crippen LogP contribution in [0.15, 0.2) is 6.07 Å². The topological polar surface area (TPSA) is 73.7 Å². The number of carbonyl (C=O) groups is 2. The summed E-state index contributed by atoms with van der Waals surface area (Å²) in [7, 11) is 0. The minimum Gasteiger partial charge on any atom is -0.354 e. The molecule has 0 bridgehead atoms. The third-order valence-corrected chi connectivity index (χ3v) is 7.12. The van der Waals surface area contributed by atoms with Gasteiger partial charge in [0.1, 0.15) is 11.9 Å². The molecule has 8 heteroatoms. The molecule has 4 rings (SSSR count). The summed E-state index contributed by atoms with van der Waals surface area (Å²) in [5, 5.41) is 7.46. The highest BCUT2D eigenvalue weighted by molar-refractivity contribution is 6.00. The molecule has 2 amide bonds. The zero-order chi connectivity index (χ0) is 21.8. The van der Waals surface area contributed by atoms with E-state index < -0.39 is 6.04 Å². The van der Waals surface area contributed by atoms with Crippen molar-refractivity contribution in [2.45, 2.75) is 77.4 Å². The lowest BCUT2D eigenvalue weighted by Crippen LogP contribution is -2.51. The summed E-state index contributed by atoms with van der Waals surface area (Å²) in [4.78, 5) is 32.0. The highest BCUT2D eigenvalue weighted by atomic mass is 16.2. The molecule has 2 fully saturated rings. The molecule has 2 saturated heterocycles. The number of nitrogens with one attached hydrogen (secondary N) is 1. The van der Waals surface area contributed by atoms with Gasteiger partial charge in [-0.3, -0.25) is 14.5 Å². The quantitative estimate of drug-likeness (QED) is 0.668. The number of hydrogen-bond acceptors (Lipinski definition) is 5. The zero-order valence-corrected chi connectivity index (χ0v) is 19.2. The monoisotopic (exact) mass is 430 g/mol. The van der Waals surface area contributed by atoms with Gasteiger partial charge in [-0.05, 0) is 78.7 Å². The molecule has 0 spiro atoms. The zero-order valence-electron chi connectivity index (χ0n) is 19.2. The molecule has 8 nitrogen and oxygen atoms in total. The molecule has 0 saturated carbocycles. The molecule has 31 heavy (non-hydrogen) atoms. The fourth-order valence-electron chi connectivity index (χ4n) is 5.33. The van der Waals surface area contributed by atoms with Crippen molar-refractivity contribution in [3.05, 3.63) is 11.8 Å². The third kappa shape index (κ3) is 5.29. The SMILES string of the molecule is Cc1cc2n(n1)CCC(=O)N2[C@H](C)C(=O)NCCCN1CCC(N2CCCCC2)CC1. The van der Waals surface area contributed by atoms with Crippen LogP contribution in [0.4, 0.5) is 5.82 Å². The number of rotatable bonds is 7. The van der Waals surface area contributed by atoms with Gasteiger partial charge < -0.3 is 15.1 Å². The Balaban J connectivity index is 1.17. The van der Waals surface area contributed by atoms with Crippen LogP contribution in [0.5, 0.6) is 0 Å². The minimum absolute atomic E-state index is 0.00775. The van der Waals surface area contributed by atoms with Crippen molar-refractivity contribution >= 4 is 17.6 Å². The molecular weight excluding hydrogens is 392 g/mol. The standard InChI is InChI=1S/C23H38N6O2/c1-18-17-21-28(25-18)16-9-22(30)29(21)19(2)23(31)24-10-6-11-26-14-7-20(8-15-26)27-12-4-3-5-13-27/h17,19-20H,3-16H2,1-2H3,(H,24,31)/t19-/m1/s1. The number of carbonyl (C=O) groups excluding carboxylic acids is 2. The van der Waals surface area contributed by atoms with E-state index in [1.165, 1.54) is 45.2 Å². The van der Waals surface area contributed by atoms with Crippen LogP contribution in [-0.2, 0) is 16.1 Å². The molecule has 1 aromatic heterocycles. The average Bonchev–Trinajstić information content (AvgIpc) is 3.17. The van der Waals surface area contributed by atoms with E-state index in [2.05, 4.69) is 20.2 Å². The van der Waals surface area contributed by atoms with Crippen LogP contribution in [-0.4, -0.2) is 82.7 Å². The molecule has 3 aliphatic rings. The van der Waals surface area contributed by atoms with Crippen LogP contribution in [0.25, 0.3) is 0 Å². The number of likely N-dealkylation sites (tertiary alicyclic amines) is 2. The van der Waals surface area contributed by atoms with Crippen LogP contribution in [0.3, 0.4) is 0 Å². The maximum absolute atomic E-state index is 12.7. The Morgan fingerprint density at radius 1 is 1.16 bits per heavy atom. The lowest BCUT2D eigenvalue weighted by Gasteiger charge is -2.40. The molecule has 0 aliphatic carbocycles. The first-order valence-corrected chi connectivity index (χ1v) is 12.1. The lowest BCUT2D eigenvalue weighted by molar-refractivity contribution is -0.126. The van der Waals surface area contributed by atoms with Gasteiger partial charge in [-0.2, -0.15) is 5.10 Å². The Kier molecular flexibility index (Phi) is 7.27. The molecule has 1 atom stereocenters. The first-order chi connectivity index (χ1) is 15.0. The summed E-state index contributed by atoms with van der Waals surface area (Å²) >= 11 is 0. The number of hydrogen-bond donors (Lipinski definition) is 1. The van der Waals surface area contributed by atoms with Crippen molar-refractivity contribution in [1.29, 1.82) is 0 Å². The number of aromatic nitrogens is 2. The van der Waals surface area contributed by atoms with Crippen LogP contribution in [0, 0.1) is 6.92 Å². The van der Waals surface area contributed by atoms with E-state index in [0.717, 1.165) is 43.6 Å². The minimum atomic E-state index is -0.525. The first kappa shape index (κ1) is 22.3. The number of anilines is 1. The summed E-state index contributed by atoms with van der Waals surface area (Å²) < 4.78 is 1.83. The summed E-state index contributed by atoms with van der Waals surface area (Å²) in [5.41, 5.74) is 0.867. The maximum Gasteiger partial charge on any atom is 0.242 e. The Hall–Kier alpha value is -1.93. The number of fused-ring (bicyclic) bond motifs is 1. The fraction of sp³-hybridized carbons (Fsp3) is 0.783. The van der Waals surface area contributed by atoms with E-state index >= 15 is 0 Å². The van der Waals surface area contributed by atoms with E-state index in [1.54, 1.807) is 11.8 Å². The van der Waals surface area contributed by atoms with Crippen molar-refractivity contribution in [3.63, 3.8) is 0 Å². The summed E-state index contributed by atoms with van der Waals surface area (Å²) in [6.45, 7) is 10.9. The number of amides is 2. The second-order valence-electron chi connectivity index (χ2n) is 9.37. The normalized spacial score (nSPS) is 22.4. The van der Waals surface area contributed by atoms with E-state index in [1.807, 2.05) is 17.7 Å². The van der Waals surface area contributed by atoms with Gasteiger partial charge in [-0.15, -0.1) is 0 Å². The molecule has 3 aliphatic heterocycles. The summed E-state index contributed by atoms with van der Waals surface area (Å²) in [5.74, 6) is 0.629. The molecule has 0 aromatic carbocycles. The predicted octanol–water partition coefficient (Wildman–Crippen LogP) is 1.77. The lowest BCUT2D eigenvalue weighted by atomic mass is 10.00. The maximum atomic E-state index is 12.7. The predicted molar refractivity (Wildman–Crippen MR) is 121 cm³/mol. The number of nitrogens with zero attached hydrogens (tertiary/aromatic N) is 5. The van der Waals surface area contributed by atoms with Crippen LogP contribution >= 0.6 is 0 Å². The van der Waals surface area contributed by atoms with Crippen LogP contribution in [0.1, 0.15) is 57.6 Å². The molecule has 0 unspecified atom stereocenters. The molecule has 172 valence electrons. The number of piperidine rings is 2. The van der Waals surface area contributed by atoms with Crippen LogP contribution in [0.2, 0.25) is 0 Å². The first-order valence-electron chi connectivity index (χ1n) is 12.1. The average molecular weight is 431 g/mol. The van der Waals surface area contributed by atoms with Crippen molar-refractivity contribution in [2.75, 3.05) is 44.2 Å². The number of aryl methyl sites for hydroxylation is 2. The van der Waals surface area contributed by atoms with Crippen molar-refractivity contribution in [3.8, 4) is 0 Å². The largest absolute Gasteiger partial charge is 0.354 e. The second-order valence-corrected chi connectivity index (χ2v) is 9.37. The van der Waals surface area contributed by atoms with Gasteiger partial charge in [0.2, 0.25) is 11.8 Å². The van der Waals surface area contributed by atoms with Gasteiger partial charge in [-0.25, -0.2) is 4.68 Å². The highest BCUT2D eigenvalue weighted by Gasteiger charge is 2.33. The molecule has 1 aromatic rings. The summed E-state index contributed by atoms with van der Waals surface area (Å²) in [6.07, 6.45) is 8.00. The van der Waals surface area contributed by atoms with E-state index in [9.17, 15) is 9.59 Å². The Morgan fingerprint density at radius 2 is 1.90 bits per heavy atom. The summed E-state index contributed by atoms with van der Waals surface area (Å²) in [6, 6.07) is 2.13. The van der Waals surface area contributed by atoms with Crippen LogP contribution < -0.4 is 10.2 Å². The third-order valence-electron chi connectivity index (χ3n) is 7.12. The van der Waals surface area contributed by atoms with Crippen molar-refractivity contribution < 1.29 is 9.59 Å². The van der Waals surface area contributed by atoms with Gasteiger partial charge >= 0.3 is 0 Å². The molecular formula is C23H38N6O2. The van der Waals surface area contributed by atoms with E-state index in [-0.39, 0.29) is 11.8 Å². The van der Waals surface area contributed by atoms with E-state index in [4.69, 9.17) is 0 Å². The smallest absolute Gasteiger partial charge is 0.242 e. The van der Waals surface area contributed by atoms with Gasteiger partial charge in [0.05, 0.1) is 12.2 Å². The van der Waals surface area contributed by atoms with Gasteiger partial charge in [-0.1, -0.05) is 6.42 Å². The van der Waals surface area contributed by atoms with Gasteiger partial charge in [0.15, 0.2) is 0 Å². The fourth-order valence-corrected chi connectivity index (χ4v) is 5.33. The Labute approximate surface area is 185 Å².